The van der Waals surface area contributed by atoms with Crippen LogP contribution in [0.25, 0.3) is 0 Å². The van der Waals surface area contributed by atoms with Gasteiger partial charge in [-0.3, -0.25) is 9.59 Å². The number of alkyl halides is 1. The Bertz CT molecular complexity index is 880. The number of halogens is 1. The van der Waals surface area contributed by atoms with Crippen LogP contribution in [-0.4, -0.2) is 45.2 Å². The van der Waals surface area contributed by atoms with Crippen molar-refractivity contribution in [3.05, 3.63) is 70.8 Å². The van der Waals surface area contributed by atoms with Gasteiger partial charge in [-0.2, -0.15) is 0 Å². The zero-order valence-corrected chi connectivity index (χ0v) is 15.8. The van der Waals surface area contributed by atoms with E-state index in [1.54, 1.807) is 62.4 Å². The van der Waals surface area contributed by atoms with Crippen molar-refractivity contribution in [2.75, 3.05) is 0 Å². The van der Waals surface area contributed by atoms with Crippen molar-refractivity contribution in [2.45, 2.75) is 43.6 Å². The van der Waals surface area contributed by atoms with Gasteiger partial charge in [0.05, 0.1) is 0 Å². The fraction of sp³-hybridized carbons (Fsp3) is 0.333. The van der Waals surface area contributed by atoms with Crippen LogP contribution >= 0.6 is 11.6 Å². The quantitative estimate of drug-likeness (QED) is 0.607. The third-order valence-corrected chi connectivity index (χ3v) is 5.24. The molecule has 2 N–H and O–H groups in total. The number of aryl methyl sites for hydroxylation is 2. The van der Waals surface area contributed by atoms with Gasteiger partial charge in [-0.1, -0.05) is 60.1 Å². The van der Waals surface area contributed by atoms with Crippen molar-refractivity contribution < 1.29 is 24.5 Å². The molecule has 3 rings (SSSR count). The third kappa shape index (κ3) is 3.56. The summed E-state index contributed by atoms with van der Waals surface area (Å²) in [6, 6.07) is 13.6. The molecule has 0 radical (unpaired) electrons. The van der Waals surface area contributed by atoms with Crippen LogP contribution in [-0.2, 0) is 4.74 Å². The normalized spacial score (nSPS) is 26.0. The van der Waals surface area contributed by atoms with Crippen LogP contribution < -0.4 is 0 Å². The van der Waals surface area contributed by atoms with E-state index in [4.69, 9.17) is 16.3 Å². The minimum absolute atomic E-state index is 0.218. The number of hydrogen-bond donors (Lipinski definition) is 2. The fourth-order valence-electron chi connectivity index (χ4n) is 3.45. The molecule has 0 spiro atoms. The highest BCUT2D eigenvalue weighted by Crippen LogP contribution is 2.38. The Morgan fingerprint density at radius 2 is 1.59 bits per heavy atom. The maximum absolute atomic E-state index is 13.1. The molecule has 27 heavy (non-hydrogen) atoms. The summed E-state index contributed by atoms with van der Waals surface area (Å²) in [6.45, 7) is 3.49. The molecular formula is C21H21ClO5. The van der Waals surface area contributed by atoms with Gasteiger partial charge in [0.1, 0.15) is 17.8 Å². The molecule has 0 aliphatic carbocycles. The largest absolute Gasteiger partial charge is 0.382 e. The summed E-state index contributed by atoms with van der Waals surface area (Å²) in [6.07, 6.45) is -3.41. The van der Waals surface area contributed by atoms with E-state index in [1.165, 1.54) is 0 Å². The molecule has 0 amide bonds. The van der Waals surface area contributed by atoms with Gasteiger partial charge in [0.15, 0.2) is 17.2 Å². The van der Waals surface area contributed by atoms with Crippen LogP contribution in [0.15, 0.2) is 48.5 Å². The maximum Gasteiger partial charge on any atom is 0.197 e. The Morgan fingerprint density at radius 3 is 2.15 bits per heavy atom. The molecule has 5 nitrogen and oxygen atoms in total. The zero-order valence-electron chi connectivity index (χ0n) is 15.1. The summed E-state index contributed by atoms with van der Waals surface area (Å²) >= 11 is 6.03. The number of ether oxygens (including phenoxy) is 1. The molecule has 4 atom stereocenters. The number of rotatable bonds is 5. The molecule has 0 aromatic heterocycles. The summed E-state index contributed by atoms with van der Waals surface area (Å²) in [5, 5.41) is 21.8. The van der Waals surface area contributed by atoms with E-state index < -0.39 is 34.9 Å². The predicted octanol–water partition coefficient (Wildman–Crippen LogP) is 2.81. The van der Waals surface area contributed by atoms with Gasteiger partial charge in [-0.15, -0.1) is 0 Å². The highest BCUT2D eigenvalue weighted by atomic mass is 35.5. The lowest BCUT2D eigenvalue weighted by Crippen LogP contribution is -2.54. The molecule has 142 valence electrons. The molecule has 2 aromatic rings. The number of benzene rings is 2. The Balaban J connectivity index is 1.96. The van der Waals surface area contributed by atoms with Crippen molar-refractivity contribution >= 4 is 23.2 Å². The number of ketones is 2. The van der Waals surface area contributed by atoms with Crippen LogP contribution in [0.1, 0.15) is 38.3 Å². The molecule has 1 aliphatic rings. The number of aliphatic hydroxyl groups is 2. The van der Waals surface area contributed by atoms with E-state index in [-0.39, 0.29) is 6.42 Å². The topological polar surface area (TPSA) is 83.8 Å². The van der Waals surface area contributed by atoms with Crippen LogP contribution in [0.4, 0.5) is 0 Å². The summed E-state index contributed by atoms with van der Waals surface area (Å²) < 4.78 is 5.43. The minimum Gasteiger partial charge on any atom is -0.382 e. The second kappa shape index (κ2) is 7.52. The Labute approximate surface area is 162 Å². The maximum atomic E-state index is 13.1. The van der Waals surface area contributed by atoms with Crippen molar-refractivity contribution in [1.82, 2.24) is 0 Å². The lowest BCUT2D eigenvalue weighted by atomic mass is 9.81. The van der Waals surface area contributed by atoms with Gasteiger partial charge < -0.3 is 14.9 Å². The second-order valence-electron chi connectivity index (χ2n) is 6.86. The van der Waals surface area contributed by atoms with Crippen LogP contribution in [0.2, 0.25) is 0 Å². The Kier molecular flexibility index (Phi) is 5.49. The first-order valence-electron chi connectivity index (χ1n) is 8.66. The molecular weight excluding hydrogens is 368 g/mol. The first-order valence-corrected chi connectivity index (χ1v) is 9.09. The zero-order chi connectivity index (χ0) is 19.8. The summed E-state index contributed by atoms with van der Waals surface area (Å²) in [5.41, 5.74) is -1.14. The highest BCUT2D eigenvalue weighted by Gasteiger charge is 2.56. The molecule has 2 unspecified atom stereocenters. The minimum atomic E-state index is -2.10. The van der Waals surface area contributed by atoms with Gasteiger partial charge >= 0.3 is 0 Å². The standard InChI is InChI=1S/C21H21ClO5/c1-12-7-3-5-9-14(12)17(23)18(24)20-21(26,11-16(22)27-20)19(25)15-10-6-4-8-13(15)2/h3-10,16,18,20,24,26H,11H2,1-2H3/t16?,18?,20-,21-/m1/s1. The Hall–Kier alpha value is -2.05. The van der Waals surface area contributed by atoms with Gasteiger partial charge in [0, 0.05) is 17.5 Å². The van der Waals surface area contributed by atoms with E-state index in [9.17, 15) is 19.8 Å². The number of aliphatic hydroxyl groups excluding tert-OH is 1. The van der Waals surface area contributed by atoms with Gasteiger partial charge in [0.25, 0.3) is 0 Å². The molecule has 0 bridgehead atoms. The monoisotopic (exact) mass is 388 g/mol. The number of carbonyl (C=O) groups excluding carboxylic acids is 2. The van der Waals surface area contributed by atoms with E-state index in [0.29, 0.717) is 22.3 Å². The summed E-state index contributed by atoms with van der Waals surface area (Å²) in [7, 11) is 0. The van der Waals surface area contributed by atoms with Crippen LogP contribution in [0.3, 0.4) is 0 Å². The van der Waals surface area contributed by atoms with Crippen LogP contribution in [0, 0.1) is 13.8 Å². The fourth-order valence-corrected chi connectivity index (χ4v) is 3.79. The second-order valence-corrected chi connectivity index (χ2v) is 7.35. The van der Waals surface area contributed by atoms with Gasteiger partial charge in [-0.05, 0) is 25.0 Å². The van der Waals surface area contributed by atoms with E-state index in [0.717, 1.165) is 0 Å². The third-order valence-electron chi connectivity index (χ3n) is 4.99. The summed E-state index contributed by atoms with van der Waals surface area (Å²) in [4.78, 5) is 25.8. The van der Waals surface area contributed by atoms with Crippen molar-refractivity contribution in [1.29, 1.82) is 0 Å². The SMILES string of the molecule is Cc1ccccc1C(=O)C(O)[C@H]1OC(Cl)C[C@@]1(O)C(=O)c1ccccc1C. The molecule has 6 heteroatoms. The first-order chi connectivity index (χ1) is 12.8. The van der Waals surface area contributed by atoms with E-state index in [1.807, 2.05) is 0 Å². The molecule has 1 fully saturated rings. The molecule has 2 aromatic carbocycles. The summed E-state index contributed by atoms with van der Waals surface area (Å²) in [5.74, 6) is -1.25. The van der Waals surface area contributed by atoms with Crippen molar-refractivity contribution in [3.8, 4) is 0 Å². The predicted molar refractivity (Wildman–Crippen MR) is 101 cm³/mol. The van der Waals surface area contributed by atoms with Crippen molar-refractivity contribution in [3.63, 3.8) is 0 Å². The number of carbonyl (C=O) groups is 2. The average Bonchev–Trinajstić information content (AvgIpc) is 2.96. The van der Waals surface area contributed by atoms with Crippen molar-refractivity contribution in [2.24, 2.45) is 0 Å². The first kappa shape index (κ1) is 19.7. The van der Waals surface area contributed by atoms with E-state index in [2.05, 4.69) is 0 Å². The smallest absolute Gasteiger partial charge is 0.197 e. The molecule has 1 heterocycles. The van der Waals surface area contributed by atoms with E-state index >= 15 is 0 Å². The lowest BCUT2D eigenvalue weighted by Gasteiger charge is -2.30. The lowest BCUT2D eigenvalue weighted by molar-refractivity contribution is -0.0716. The average molecular weight is 389 g/mol. The Morgan fingerprint density at radius 1 is 1.07 bits per heavy atom. The van der Waals surface area contributed by atoms with Gasteiger partial charge in [-0.25, -0.2) is 0 Å². The molecule has 0 saturated carbocycles. The highest BCUT2D eigenvalue weighted by molar-refractivity contribution is 6.20. The number of Topliss-reactive ketones (excluding diaryl/α,β-unsaturated/α-hetero) is 2. The molecule has 1 saturated heterocycles. The van der Waals surface area contributed by atoms with Crippen LogP contribution in [0.5, 0.6) is 0 Å². The number of hydrogen-bond acceptors (Lipinski definition) is 5. The molecule has 1 aliphatic heterocycles. The van der Waals surface area contributed by atoms with Gasteiger partial charge in [0.2, 0.25) is 0 Å².